The number of carbonyl (C=O) groups is 1. The summed E-state index contributed by atoms with van der Waals surface area (Å²) in [7, 11) is 4.96. The van der Waals surface area contributed by atoms with Gasteiger partial charge in [0.15, 0.2) is 0 Å². The van der Waals surface area contributed by atoms with Crippen molar-refractivity contribution in [3.63, 3.8) is 0 Å². The number of methoxy groups -OCH3 is 1. The van der Waals surface area contributed by atoms with Gasteiger partial charge in [0.1, 0.15) is 0 Å². The predicted octanol–water partition coefficient (Wildman–Crippen LogP) is 3.00. The van der Waals surface area contributed by atoms with Gasteiger partial charge >= 0.3 is 5.97 Å². The Balaban J connectivity index is 3.14. The van der Waals surface area contributed by atoms with Gasteiger partial charge in [0.25, 0.3) is 0 Å². The van der Waals surface area contributed by atoms with Gasteiger partial charge in [-0.2, -0.15) is 0 Å². The Labute approximate surface area is 110 Å². The summed E-state index contributed by atoms with van der Waals surface area (Å²) in [4.78, 5) is 17.3. The minimum Gasteiger partial charge on any atom is -0.465 e. The van der Waals surface area contributed by atoms with Crippen LogP contribution in [0.5, 0.6) is 0 Å². The Kier molecular flexibility index (Phi) is 4.78. The second-order valence-electron chi connectivity index (χ2n) is 3.48. The number of esters is 1. The van der Waals surface area contributed by atoms with E-state index >= 15 is 0 Å². The number of ether oxygens (including phenoxy) is 1. The van der Waals surface area contributed by atoms with Crippen LogP contribution >= 0.6 is 23.2 Å². The average molecular weight is 275 g/mol. The Bertz CT molecular complexity index is 436. The molecule has 6 heteroatoms. The third-order valence-electron chi connectivity index (χ3n) is 1.85. The molecule has 1 rings (SSSR count). The van der Waals surface area contributed by atoms with Gasteiger partial charge in [-0.1, -0.05) is 23.2 Å². The molecule has 0 aliphatic carbocycles. The fourth-order valence-electron chi connectivity index (χ4n) is 1.11. The van der Waals surface area contributed by atoms with Crippen LogP contribution in [0.25, 0.3) is 0 Å². The van der Waals surface area contributed by atoms with Gasteiger partial charge in [-0.25, -0.2) is 9.79 Å². The van der Waals surface area contributed by atoms with E-state index in [1.54, 1.807) is 23.4 Å². The molecule has 0 aliphatic rings. The van der Waals surface area contributed by atoms with Gasteiger partial charge in [-0.05, 0) is 12.1 Å². The lowest BCUT2D eigenvalue weighted by molar-refractivity contribution is 0.0601. The molecule has 0 saturated heterocycles. The summed E-state index contributed by atoms with van der Waals surface area (Å²) >= 11 is 11.9. The van der Waals surface area contributed by atoms with Gasteiger partial charge < -0.3 is 9.64 Å². The van der Waals surface area contributed by atoms with E-state index in [1.165, 1.54) is 7.11 Å². The van der Waals surface area contributed by atoms with E-state index in [0.29, 0.717) is 5.69 Å². The highest BCUT2D eigenvalue weighted by Crippen LogP contribution is 2.30. The van der Waals surface area contributed by atoms with Crippen LogP contribution in [0, 0.1) is 0 Å². The molecule has 0 fully saturated rings. The van der Waals surface area contributed by atoms with Crippen molar-refractivity contribution >= 4 is 41.2 Å². The third kappa shape index (κ3) is 3.61. The first-order valence-electron chi connectivity index (χ1n) is 4.73. The largest absolute Gasteiger partial charge is 0.465 e. The number of rotatable bonds is 3. The number of benzene rings is 1. The lowest BCUT2D eigenvalue weighted by Gasteiger charge is -2.07. The molecule has 1 aromatic rings. The molecule has 0 N–H and O–H groups in total. The predicted molar refractivity (Wildman–Crippen MR) is 69.6 cm³/mol. The zero-order chi connectivity index (χ0) is 13.0. The summed E-state index contributed by atoms with van der Waals surface area (Å²) in [5, 5.41) is 0.436. The highest BCUT2D eigenvalue weighted by Gasteiger charge is 2.16. The zero-order valence-corrected chi connectivity index (χ0v) is 11.2. The van der Waals surface area contributed by atoms with Crippen molar-refractivity contribution in [3.05, 3.63) is 27.7 Å². The standard InChI is InChI=1S/C11H12Cl2N2O2/c1-15(2)6-14-7-4-8(12)10(9(13)5-7)11(16)17-3/h4-6H,1-3H3. The van der Waals surface area contributed by atoms with Crippen molar-refractivity contribution in [1.29, 1.82) is 0 Å². The minimum absolute atomic E-state index is 0.152. The molecule has 0 amide bonds. The fraction of sp³-hybridized carbons (Fsp3) is 0.273. The molecule has 0 spiro atoms. The monoisotopic (exact) mass is 274 g/mol. The average Bonchev–Trinajstić information content (AvgIpc) is 2.25. The maximum Gasteiger partial charge on any atom is 0.340 e. The number of aliphatic imine (C=N–C) groups is 1. The summed E-state index contributed by atoms with van der Waals surface area (Å²) < 4.78 is 4.58. The van der Waals surface area contributed by atoms with Crippen LogP contribution in [0.4, 0.5) is 5.69 Å². The van der Waals surface area contributed by atoms with Crippen LogP contribution in [-0.4, -0.2) is 38.4 Å². The van der Waals surface area contributed by atoms with Gasteiger partial charge in [-0.3, -0.25) is 0 Å². The number of hydrogen-bond acceptors (Lipinski definition) is 3. The molecular formula is C11H12Cl2N2O2. The Morgan fingerprint density at radius 2 is 1.88 bits per heavy atom. The van der Waals surface area contributed by atoms with E-state index in [1.807, 2.05) is 14.1 Å². The van der Waals surface area contributed by atoms with Crippen molar-refractivity contribution in [1.82, 2.24) is 4.90 Å². The molecule has 0 bridgehead atoms. The molecule has 0 aromatic heterocycles. The summed E-state index contributed by atoms with van der Waals surface area (Å²) in [6.45, 7) is 0. The van der Waals surface area contributed by atoms with E-state index in [9.17, 15) is 4.79 Å². The van der Waals surface area contributed by atoms with E-state index in [0.717, 1.165) is 0 Å². The highest BCUT2D eigenvalue weighted by atomic mass is 35.5. The van der Waals surface area contributed by atoms with Crippen LogP contribution in [0.3, 0.4) is 0 Å². The maximum atomic E-state index is 11.4. The van der Waals surface area contributed by atoms with Gasteiger partial charge in [0.2, 0.25) is 0 Å². The fourth-order valence-corrected chi connectivity index (χ4v) is 1.74. The Hall–Kier alpha value is -1.26. The van der Waals surface area contributed by atoms with Crippen LogP contribution in [0.1, 0.15) is 10.4 Å². The first kappa shape index (κ1) is 13.8. The molecule has 0 unspecified atom stereocenters. The van der Waals surface area contributed by atoms with Gasteiger partial charge in [-0.15, -0.1) is 0 Å². The first-order chi connectivity index (χ1) is 7.95. The lowest BCUT2D eigenvalue weighted by Crippen LogP contribution is -2.07. The number of halogens is 2. The minimum atomic E-state index is -0.567. The molecule has 92 valence electrons. The van der Waals surface area contributed by atoms with Crippen LogP contribution < -0.4 is 0 Å². The molecule has 4 nitrogen and oxygen atoms in total. The third-order valence-corrected chi connectivity index (χ3v) is 2.45. The first-order valence-corrected chi connectivity index (χ1v) is 5.49. The normalized spacial score (nSPS) is 10.6. The number of carbonyl (C=O) groups excluding carboxylic acids is 1. The summed E-state index contributed by atoms with van der Waals surface area (Å²) in [5.41, 5.74) is 0.723. The summed E-state index contributed by atoms with van der Waals surface area (Å²) in [6, 6.07) is 3.11. The Morgan fingerprint density at radius 3 is 2.29 bits per heavy atom. The molecule has 1 aromatic carbocycles. The quantitative estimate of drug-likeness (QED) is 0.483. The van der Waals surface area contributed by atoms with Crippen molar-refractivity contribution in [2.75, 3.05) is 21.2 Å². The van der Waals surface area contributed by atoms with Gasteiger partial charge in [0, 0.05) is 14.1 Å². The van der Waals surface area contributed by atoms with Crippen molar-refractivity contribution in [3.8, 4) is 0 Å². The second-order valence-corrected chi connectivity index (χ2v) is 4.30. The lowest BCUT2D eigenvalue weighted by atomic mass is 10.2. The molecule has 0 radical (unpaired) electrons. The molecule has 17 heavy (non-hydrogen) atoms. The van der Waals surface area contributed by atoms with E-state index in [4.69, 9.17) is 23.2 Å². The number of nitrogens with zero attached hydrogens (tertiary/aromatic N) is 2. The molecular weight excluding hydrogens is 263 g/mol. The highest BCUT2D eigenvalue weighted by molar-refractivity contribution is 6.39. The van der Waals surface area contributed by atoms with Crippen molar-refractivity contribution in [2.24, 2.45) is 4.99 Å². The smallest absolute Gasteiger partial charge is 0.340 e. The topological polar surface area (TPSA) is 41.9 Å². The second kappa shape index (κ2) is 5.89. The number of hydrogen-bond donors (Lipinski definition) is 0. The molecule has 0 atom stereocenters. The molecule has 0 heterocycles. The van der Waals surface area contributed by atoms with Crippen LogP contribution in [-0.2, 0) is 4.74 Å². The van der Waals surface area contributed by atoms with E-state index < -0.39 is 5.97 Å². The van der Waals surface area contributed by atoms with Crippen LogP contribution in [0.15, 0.2) is 17.1 Å². The molecule has 0 saturated carbocycles. The maximum absolute atomic E-state index is 11.4. The summed E-state index contributed by atoms with van der Waals surface area (Å²) in [5.74, 6) is -0.567. The van der Waals surface area contributed by atoms with Gasteiger partial charge in [0.05, 0.1) is 34.7 Å². The van der Waals surface area contributed by atoms with Crippen molar-refractivity contribution in [2.45, 2.75) is 0 Å². The van der Waals surface area contributed by atoms with E-state index in [2.05, 4.69) is 9.73 Å². The zero-order valence-electron chi connectivity index (χ0n) is 9.70. The van der Waals surface area contributed by atoms with Crippen LogP contribution in [0.2, 0.25) is 10.0 Å². The molecule has 0 aliphatic heterocycles. The Morgan fingerprint density at radius 1 is 1.35 bits per heavy atom. The SMILES string of the molecule is COC(=O)c1c(Cl)cc(N=CN(C)C)cc1Cl. The van der Waals surface area contributed by atoms with Crippen molar-refractivity contribution < 1.29 is 9.53 Å². The summed E-state index contributed by atoms with van der Waals surface area (Å²) in [6.07, 6.45) is 1.61. The van der Waals surface area contributed by atoms with E-state index in [-0.39, 0.29) is 15.6 Å².